The van der Waals surface area contributed by atoms with Gasteiger partial charge in [-0.1, -0.05) is 40.0 Å². The summed E-state index contributed by atoms with van der Waals surface area (Å²) in [5.74, 6) is -2.53. The summed E-state index contributed by atoms with van der Waals surface area (Å²) in [6, 6.07) is 0. The Labute approximate surface area is 162 Å². The van der Waals surface area contributed by atoms with Crippen molar-refractivity contribution >= 4 is 23.7 Å². The number of ether oxygens (including phenoxy) is 3. The minimum atomic E-state index is -1.87. The van der Waals surface area contributed by atoms with Crippen LogP contribution >= 0.6 is 0 Å². The molecule has 0 aliphatic heterocycles. The first-order valence-electron chi connectivity index (χ1n) is 9.85. The molecular weight excluding hydrogens is 352 g/mol. The molecule has 0 spiro atoms. The molecule has 0 aliphatic carbocycles. The number of rotatable bonds is 15. The molecule has 27 heavy (non-hydrogen) atoms. The Bertz CT molecular complexity index is 461. The quantitative estimate of drug-likeness (QED) is 0.241. The Morgan fingerprint density at radius 2 is 1.19 bits per heavy atom. The van der Waals surface area contributed by atoms with Gasteiger partial charge in [0.1, 0.15) is 0 Å². The van der Waals surface area contributed by atoms with Crippen LogP contribution in [0.25, 0.3) is 0 Å². The fraction of sp³-hybridized carbons (Fsp3) is 0.800. The zero-order valence-electron chi connectivity index (χ0n) is 17.1. The lowest BCUT2D eigenvalue weighted by molar-refractivity contribution is -0.177. The second-order valence-electron chi connectivity index (χ2n) is 6.62. The Morgan fingerprint density at radius 3 is 1.56 bits per heavy atom. The second kappa shape index (κ2) is 14.2. The Balaban J connectivity index is 5.39. The van der Waals surface area contributed by atoms with E-state index < -0.39 is 42.1 Å². The van der Waals surface area contributed by atoms with Crippen LogP contribution in [0.4, 0.5) is 0 Å². The molecule has 0 aliphatic rings. The minimum absolute atomic E-state index is 0.105. The fourth-order valence-electron chi connectivity index (χ4n) is 2.46. The van der Waals surface area contributed by atoms with E-state index in [0.717, 1.165) is 26.2 Å². The number of esters is 3. The van der Waals surface area contributed by atoms with Gasteiger partial charge in [-0.2, -0.15) is 0 Å². The van der Waals surface area contributed by atoms with Crippen molar-refractivity contribution < 1.29 is 33.4 Å². The molecule has 0 saturated heterocycles. The number of hydrogen-bond donors (Lipinski definition) is 0. The molecule has 0 fully saturated rings. The van der Waals surface area contributed by atoms with Crippen molar-refractivity contribution in [1.82, 2.24) is 0 Å². The average Bonchev–Trinajstić information content (AvgIpc) is 2.59. The lowest BCUT2D eigenvalue weighted by Crippen LogP contribution is -2.47. The molecule has 0 rings (SSSR count). The third-order valence-corrected chi connectivity index (χ3v) is 3.99. The van der Waals surface area contributed by atoms with Crippen LogP contribution < -0.4 is 0 Å². The van der Waals surface area contributed by atoms with Crippen molar-refractivity contribution in [3.8, 4) is 0 Å². The van der Waals surface area contributed by atoms with E-state index in [9.17, 15) is 19.2 Å². The van der Waals surface area contributed by atoms with Crippen molar-refractivity contribution in [2.45, 2.75) is 91.1 Å². The smallest absolute Gasteiger partial charge is 0.310 e. The first kappa shape index (κ1) is 25.1. The van der Waals surface area contributed by atoms with Crippen LogP contribution in [0.2, 0.25) is 0 Å². The minimum Gasteiger partial charge on any atom is -0.466 e. The van der Waals surface area contributed by atoms with E-state index in [2.05, 4.69) is 0 Å². The summed E-state index contributed by atoms with van der Waals surface area (Å²) in [5.41, 5.74) is -1.87. The predicted octanol–water partition coefficient (Wildman–Crippen LogP) is 3.51. The van der Waals surface area contributed by atoms with Crippen LogP contribution in [-0.2, 0) is 33.4 Å². The van der Waals surface area contributed by atoms with Gasteiger partial charge in [0, 0.05) is 13.3 Å². The summed E-state index contributed by atoms with van der Waals surface area (Å²) in [6.07, 6.45) is 3.53. The standard InChI is InChI=1S/C20H34O7/c1-5-8-11-17(22)20(27-16(4)21,14-18(23)25-12-9-6-2)15-19(24)26-13-10-7-3/h5-15H2,1-4H3. The second-order valence-corrected chi connectivity index (χ2v) is 6.62. The number of unbranched alkanes of at least 4 members (excludes halogenated alkanes) is 3. The van der Waals surface area contributed by atoms with E-state index in [1.807, 2.05) is 20.8 Å². The maximum Gasteiger partial charge on any atom is 0.310 e. The molecule has 0 atom stereocenters. The van der Waals surface area contributed by atoms with Gasteiger partial charge in [-0.15, -0.1) is 0 Å². The molecule has 7 heteroatoms. The largest absolute Gasteiger partial charge is 0.466 e. The SMILES string of the molecule is CCCCOC(=O)CC(CC(=O)OCCCC)(OC(C)=O)C(=O)CCCC. The molecule has 0 amide bonds. The zero-order chi connectivity index (χ0) is 20.7. The van der Waals surface area contributed by atoms with E-state index in [1.165, 1.54) is 0 Å². The van der Waals surface area contributed by atoms with Crippen LogP contribution in [0.5, 0.6) is 0 Å². The number of Topliss-reactive ketones (excluding diaryl/α,β-unsaturated/α-hetero) is 1. The maximum absolute atomic E-state index is 12.8. The number of carbonyl (C=O) groups is 4. The van der Waals surface area contributed by atoms with E-state index >= 15 is 0 Å². The number of ketones is 1. The summed E-state index contributed by atoms with van der Waals surface area (Å²) in [6.45, 7) is 7.41. The van der Waals surface area contributed by atoms with Gasteiger partial charge in [-0.3, -0.25) is 19.2 Å². The molecule has 0 aromatic carbocycles. The first-order chi connectivity index (χ1) is 12.8. The first-order valence-corrected chi connectivity index (χ1v) is 9.85. The summed E-state index contributed by atoms with van der Waals surface area (Å²) in [5, 5.41) is 0. The molecule has 0 heterocycles. The third kappa shape index (κ3) is 10.7. The van der Waals surface area contributed by atoms with E-state index in [-0.39, 0.29) is 19.6 Å². The lowest BCUT2D eigenvalue weighted by Gasteiger charge is -2.30. The van der Waals surface area contributed by atoms with Crippen molar-refractivity contribution in [3.05, 3.63) is 0 Å². The molecular formula is C20H34O7. The van der Waals surface area contributed by atoms with Crippen molar-refractivity contribution in [1.29, 1.82) is 0 Å². The van der Waals surface area contributed by atoms with Gasteiger partial charge < -0.3 is 14.2 Å². The Kier molecular flexibility index (Phi) is 13.2. The van der Waals surface area contributed by atoms with Crippen LogP contribution in [0.3, 0.4) is 0 Å². The average molecular weight is 386 g/mol. The Hall–Kier alpha value is -1.92. The van der Waals surface area contributed by atoms with Crippen LogP contribution in [0, 0.1) is 0 Å². The lowest BCUT2D eigenvalue weighted by atomic mass is 9.87. The molecule has 7 nitrogen and oxygen atoms in total. The molecule has 0 saturated carbocycles. The van der Waals surface area contributed by atoms with Gasteiger partial charge in [-0.25, -0.2) is 0 Å². The van der Waals surface area contributed by atoms with Gasteiger partial charge in [-0.05, 0) is 19.3 Å². The fourth-order valence-corrected chi connectivity index (χ4v) is 2.46. The van der Waals surface area contributed by atoms with Crippen molar-refractivity contribution in [3.63, 3.8) is 0 Å². The van der Waals surface area contributed by atoms with Crippen LogP contribution in [0.15, 0.2) is 0 Å². The highest BCUT2D eigenvalue weighted by Crippen LogP contribution is 2.27. The molecule has 0 unspecified atom stereocenters. The zero-order valence-corrected chi connectivity index (χ0v) is 17.1. The summed E-state index contributed by atoms with van der Waals surface area (Å²) < 4.78 is 15.5. The molecule has 0 aromatic rings. The molecule has 0 aromatic heterocycles. The van der Waals surface area contributed by atoms with Crippen LogP contribution in [-0.4, -0.2) is 42.5 Å². The number of hydrogen-bond acceptors (Lipinski definition) is 7. The van der Waals surface area contributed by atoms with Crippen LogP contribution in [0.1, 0.15) is 85.5 Å². The van der Waals surface area contributed by atoms with Crippen molar-refractivity contribution in [2.75, 3.05) is 13.2 Å². The molecule has 0 radical (unpaired) electrons. The highest BCUT2D eigenvalue weighted by atomic mass is 16.6. The third-order valence-electron chi connectivity index (χ3n) is 3.99. The van der Waals surface area contributed by atoms with Gasteiger partial charge >= 0.3 is 17.9 Å². The van der Waals surface area contributed by atoms with Gasteiger partial charge in [0.05, 0.1) is 26.1 Å². The molecule has 156 valence electrons. The highest BCUT2D eigenvalue weighted by molar-refractivity contribution is 5.96. The molecule has 0 N–H and O–H groups in total. The van der Waals surface area contributed by atoms with E-state index in [1.54, 1.807) is 0 Å². The van der Waals surface area contributed by atoms with Crippen molar-refractivity contribution in [2.24, 2.45) is 0 Å². The van der Waals surface area contributed by atoms with Gasteiger partial charge in [0.15, 0.2) is 11.4 Å². The normalized spacial score (nSPS) is 11.0. The number of carbonyl (C=O) groups excluding carboxylic acids is 4. The maximum atomic E-state index is 12.8. The highest BCUT2D eigenvalue weighted by Gasteiger charge is 2.46. The monoisotopic (exact) mass is 386 g/mol. The molecule has 0 bridgehead atoms. The summed E-state index contributed by atoms with van der Waals surface area (Å²) in [4.78, 5) is 48.9. The summed E-state index contributed by atoms with van der Waals surface area (Å²) >= 11 is 0. The topological polar surface area (TPSA) is 96.0 Å². The predicted molar refractivity (Wildman–Crippen MR) is 100.0 cm³/mol. The van der Waals surface area contributed by atoms with E-state index in [0.29, 0.717) is 19.3 Å². The van der Waals surface area contributed by atoms with Gasteiger partial charge in [0.25, 0.3) is 0 Å². The summed E-state index contributed by atoms with van der Waals surface area (Å²) in [7, 11) is 0. The Morgan fingerprint density at radius 1 is 0.741 bits per heavy atom. The van der Waals surface area contributed by atoms with E-state index in [4.69, 9.17) is 14.2 Å². The van der Waals surface area contributed by atoms with Gasteiger partial charge in [0.2, 0.25) is 0 Å².